The number of hydrogen-bond acceptors (Lipinski definition) is 4. The number of rotatable bonds is 4. The van der Waals surface area contributed by atoms with Gasteiger partial charge in [0.2, 0.25) is 0 Å². The van der Waals surface area contributed by atoms with E-state index in [-0.39, 0.29) is 0 Å². The molecule has 1 fully saturated rings. The van der Waals surface area contributed by atoms with E-state index in [2.05, 4.69) is 41.3 Å². The average Bonchev–Trinajstić information content (AvgIpc) is 2.78. The number of likely N-dealkylation sites (N-methyl/N-ethyl adjacent to an activating group) is 1. The second-order valence-electron chi connectivity index (χ2n) is 4.95. The fraction of sp³-hybridized carbons (Fsp3) is 0.818. The molecular weight excluding hydrogens is 202 g/mol. The van der Waals surface area contributed by atoms with Crippen molar-refractivity contribution in [3.8, 4) is 0 Å². The van der Waals surface area contributed by atoms with Crippen LogP contribution in [0.1, 0.15) is 20.3 Å². The van der Waals surface area contributed by atoms with Crippen LogP contribution >= 0.6 is 0 Å². The summed E-state index contributed by atoms with van der Waals surface area (Å²) in [6, 6.07) is 1.77. The van der Waals surface area contributed by atoms with Gasteiger partial charge < -0.3 is 14.8 Å². The Morgan fingerprint density at radius 1 is 1.44 bits per heavy atom. The highest BCUT2D eigenvalue weighted by molar-refractivity contribution is 4.86. The van der Waals surface area contributed by atoms with Gasteiger partial charge in [-0.05, 0) is 27.3 Å². The zero-order chi connectivity index (χ0) is 11.5. The molecule has 1 N–H and O–H groups in total. The van der Waals surface area contributed by atoms with Crippen LogP contribution in [-0.4, -0.2) is 51.4 Å². The van der Waals surface area contributed by atoms with Crippen LogP contribution in [0.5, 0.6) is 0 Å². The lowest BCUT2D eigenvalue weighted by atomic mass is 10.1. The number of nitrogens with zero attached hydrogens (tertiary/aromatic N) is 4. The summed E-state index contributed by atoms with van der Waals surface area (Å²) >= 11 is 0. The van der Waals surface area contributed by atoms with Gasteiger partial charge >= 0.3 is 0 Å². The van der Waals surface area contributed by atoms with Crippen molar-refractivity contribution in [2.45, 2.75) is 44.9 Å². The summed E-state index contributed by atoms with van der Waals surface area (Å²) in [4.78, 5) is 2.41. The Hall–Kier alpha value is -0.940. The molecule has 1 aliphatic heterocycles. The molecule has 1 saturated heterocycles. The summed E-state index contributed by atoms with van der Waals surface area (Å²) < 4.78 is 2.01. The molecule has 0 spiro atoms. The van der Waals surface area contributed by atoms with E-state index in [4.69, 9.17) is 0 Å². The quantitative estimate of drug-likeness (QED) is 0.800. The molecule has 0 aromatic carbocycles. The van der Waals surface area contributed by atoms with Crippen molar-refractivity contribution in [2.75, 3.05) is 13.6 Å². The standard InChI is InChI=1S/C11H21N5/c1-9(5-16-7-12-13-8-16)14-11-4-10(2)15(3)6-11/h7-11,14H,4-6H2,1-3H3. The largest absolute Gasteiger partial charge is 0.319 e. The minimum atomic E-state index is 0.458. The fourth-order valence-corrected chi connectivity index (χ4v) is 2.40. The molecule has 0 saturated carbocycles. The van der Waals surface area contributed by atoms with Crippen LogP contribution in [0, 0.1) is 0 Å². The molecule has 5 heteroatoms. The maximum absolute atomic E-state index is 3.81. The third kappa shape index (κ3) is 2.80. The van der Waals surface area contributed by atoms with Crippen LogP contribution in [0.15, 0.2) is 12.7 Å². The topological polar surface area (TPSA) is 46.0 Å². The molecule has 3 atom stereocenters. The normalized spacial score (nSPS) is 28.4. The van der Waals surface area contributed by atoms with E-state index >= 15 is 0 Å². The van der Waals surface area contributed by atoms with Crippen LogP contribution in [0.4, 0.5) is 0 Å². The minimum Gasteiger partial charge on any atom is -0.319 e. The summed E-state index contributed by atoms with van der Waals surface area (Å²) in [6.45, 7) is 6.57. The first-order valence-electron chi connectivity index (χ1n) is 5.94. The van der Waals surface area contributed by atoms with Gasteiger partial charge in [-0.15, -0.1) is 10.2 Å². The molecule has 2 rings (SSSR count). The monoisotopic (exact) mass is 223 g/mol. The van der Waals surface area contributed by atoms with Crippen molar-refractivity contribution >= 4 is 0 Å². The molecule has 1 aromatic rings. The zero-order valence-corrected chi connectivity index (χ0v) is 10.3. The van der Waals surface area contributed by atoms with Gasteiger partial charge in [-0.2, -0.15) is 0 Å². The second-order valence-corrected chi connectivity index (χ2v) is 4.95. The number of nitrogens with one attached hydrogen (secondary N) is 1. The summed E-state index contributed by atoms with van der Waals surface area (Å²) in [6.07, 6.45) is 4.77. The lowest BCUT2D eigenvalue weighted by Crippen LogP contribution is -2.40. The van der Waals surface area contributed by atoms with E-state index < -0.39 is 0 Å². The summed E-state index contributed by atoms with van der Waals surface area (Å²) in [5.41, 5.74) is 0. The first-order valence-corrected chi connectivity index (χ1v) is 5.94. The van der Waals surface area contributed by atoms with Crippen molar-refractivity contribution in [2.24, 2.45) is 0 Å². The maximum Gasteiger partial charge on any atom is 0.119 e. The molecule has 0 aliphatic carbocycles. The minimum absolute atomic E-state index is 0.458. The van der Waals surface area contributed by atoms with Gasteiger partial charge in [0, 0.05) is 31.2 Å². The first kappa shape index (κ1) is 11.5. The maximum atomic E-state index is 3.81. The third-order valence-corrected chi connectivity index (χ3v) is 3.36. The molecule has 3 unspecified atom stereocenters. The van der Waals surface area contributed by atoms with Crippen LogP contribution < -0.4 is 5.32 Å². The Morgan fingerprint density at radius 2 is 2.12 bits per heavy atom. The molecule has 2 heterocycles. The zero-order valence-electron chi connectivity index (χ0n) is 10.3. The predicted molar refractivity (Wildman–Crippen MR) is 63.1 cm³/mol. The van der Waals surface area contributed by atoms with Gasteiger partial charge in [0.25, 0.3) is 0 Å². The molecule has 16 heavy (non-hydrogen) atoms. The number of likely N-dealkylation sites (tertiary alicyclic amines) is 1. The Labute approximate surface area is 96.8 Å². The van der Waals surface area contributed by atoms with Crippen molar-refractivity contribution in [1.82, 2.24) is 25.0 Å². The molecule has 5 nitrogen and oxygen atoms in total. The highest BCUT2D eigenvalue weighted by Crippen LogP contribution is 2.15. The Balaban J connectivity index is 1.77. The molecule has 90 valence electrons. The van der Waals surface area contributed by atoms with Gasteiger partial charge in [0.1, 0.15) is 12.7 Å². The lowest BCUT2D eigenvalue weighted by molar-refractivity contribution is 0.323. The fourth-order valence-electron chi connectivity index (χ4n) is 2.40. The van der Waals surface area contributed by atoms with E-state index in [0.717, 1.165) is 13.1 Å². The molecular formula is C11H21N5. The predicted octanol–water partition coefficient (Wildman–Crippen LogP) is 0.349. The van der Waals surface area contributed by atoms with Gasteiger partial charge in [0.05, 0.1) is 0 Å². The average molecular weight is 223 g/mol. The van der Waals surface area contributed by atoms with Crippen LogP contribution in [0.2, 0.25) is 0 Å². The van der Waals surface area contributed by atoms with Crippen LogP contribution in [0.3, 0.4) is 0 Å². The molecule has 0 bridgehead atoms. The van der Waals surface area contributed by atoms with Gasteiger partial charge in [-0.3, -0.25) is 0 Å². The van der Waals surface area contributed by atoms with Gasteiger partial charge in [-0.1, -0.05) is 0 Å². The Morgan fingerprint density at radius 3 is 2.69 bits per heavy atom. The highest BCUT2D eigenvalue weighted by atomic mass is 15.2. The summed E-state index contributed by atoms with van der Waals surface area (Å²) in [5.74, 6) is 0. The summed E-state index contributed by atoms with van der Waals surface area (Å²) in [5, 5.41) is 11.3. The first-order chi connectivity index (χ1) is 7.65. The molecule has 1 aliphatic rings. The van der Waals surface area contributed by atoms with E-state index in [0.29, 0.717) is 18.1 Å². The van der Waals surface area contributed by atoms with E-state index in [1.807, 2.05) is 4.57 Å². The van der Waals surface area contributed by atoms with E-state index in [9.17, 15) is 0 Å². The molecule has 1 aromatic heterocycles. The molecule has 0 radical (unpaired) electrons. The highest BCUT2D eigenvalue weighted by Gasteiger charge is 2.26. The third-order valence-electron chi connectivity index (χ3n) is 3.36. The van der Waals surface area contributed by atoms with Crippen molar-refractivity contribution < 1.29 is 0 Å². The van der Waals surface area contributed by atoms with Gasteiger partial charge in [-0.25, -0.2) is 0 Å². The van der Waals surface area contributed by atoms with Crippen LogP contribution in [0.25, 0.3) is 0 Å². The Kier molecular flexibility index (Phi) is 3.56. The second kappa shape index (κ2) is 4.93. The SMILES string of the molecule is CC(Cn1cnnc1)NC1CC(C)N(C)C1. The number of aromatic nitrogens is 3. The Bertz CT molecular complexity index is 300. The molecule has 0 amide bonds. The van der Waals surface area contributed by atoms with Crippen molar-refractivity contribution in [3.05, 3.63) is 12.7 Å². The van der Waals surface area contributed by atoms with Gasteiger partial charge in [0.15, 0.2) is 0 Å². The van der Waals surface area contributed by atoms with E-state index in [1.54, 1.807) is 12.7 Å². The van der Waals surface area contributed by atoms with E-state index in [1.165, 1.54) is 6.42 Å². The lowest BCUT2D eigenvalue weighted by Gasteiger charge is -2.19. The summed E-state index contributed by atoms with van der Waals surface area (Å²) in [7, 11) is 2.19. The van der Waals surface area contributed by atoms with Crippen LogP contribution in [-0.2, 0) is 6.54 Å². The van der Waals surface area contributed by atoms with Crippen molar-refractivity contribution in [1.29, 1.82) is 0 Å². The van der Waals surface area contributed by atoms with Crippen molar-refractivity contribution in [3.63, 3.8) is 0 Å². The number of hydrogen-bond donors (Lipinski definition) is 1. The smallest absolute Gasteiger partial charge is 0.119 e.